The van der Waals surface area contributed by atoms with E-state index in [-0.39, 0.29) is 12.4 Å². The van der Waals surface area contributed by atoms with E-state index < -0.39 is 0 Å². The third-order valence-electron chi connectivity index (χ3n) is 2.53. The van der Waals surface area contributed by atoms with E-state index in [0.29, 0.717) is 10.8 Å². The van der Waals surface area contributed by atoms with Crippen LogP contribution in [0.4, 0.5) is 4.39 Å². The van der Waals surface area contributed by atoms with Crippen LogP contribution in [0.15, 0.2) is 35.8 Å². The first-order valence-electron chi connectivity index (χ1n) is 5.50. The van der Waals surface area contributed by atoms with Gasteiger partial charge in [-0.25, -0.2) is 9.37 Å². The number of nitrogens with zero attached hydrogens (tertiary/aromatic N) is 4. The zero-order valence-electron chi connectivity index (χ0n) is 9.69. The van der Waals surface area contributed by atoms with E-state index in [1.54, 1.807) is 18.3 Å². The van der Waals surface area contributed by atoms with Crippen molar-refractivity contribution < 1.29 is 9.50 Å². The second-order valence-electron chi connectivity index (χ2n) is 3.83. The quantitative estimate of drug-likeness (QED) is 0.795. The second kappa shape index (κ2) is 4.87. The van der Waals surface area contributed by atoms with Crippen LogP contribution < -0.4 is 0 Å². The van der Waals surface area contributed by atoms with E-state index in [0.717, 1.165) is 11.3 Å². The van der Waals surface area contributed by atoms with Crippen LogP contribution in [0.2, 0.25) is 0 Å². The van der Waals surface area contributed by atoms with Gasteiger partial charge in [0.1, 0.15) is 11.5 Å². The summed E-state index contributed by atoms with van der Waals surface area (Å²) in [5, 5.41) is 19.1. The standard InChI is InChI=1S/C12H9FN4OS/c13-9-3-1-8(2-4-9)11-7-19-12(14-11)17-5-10(6-18)15-16-17/h1-5,7,18H,6H2. The van der Waals surface area contributed by atoms with Crippen LogP contribution in [-0.4, -0.2) is 25.1 Å². The first kappa shape index (κ1) is 11.9. The molecule has 0 saturated heterocycles. The molecule has 96 valence electrons. The summed E-state index contributed by atoms with van der Waals surface area (Å²) in [6.45, 7) is -0.157. The molecule has 1 aromatic carbocycles. The molecule has 7 heteroatoms. The van der Waals surface area contributed by atoms with Crippen LogP contribution in [0.25, 0.3) is 16.4 Å². The number of thiazole rings is 1. The number of rotatable bonds is 3. The Morgan fingerprint density at radius 1 is 1.26 bits per heavy atom. The summed E-state index contributed by atoms with van der Waals surface area (Å²) < 4.78 is 14.4. The van der Waals surface area contributed by atoms with Crippen molar-refractivity contribution in [2.24, 2.45) is 0 Å². The number of aliphatic hydroxyl groups excluding tert-OH is 1. The molecule has 3 rings (SSSR count). The summed E-state index contributed by atoms with van der Waals surface area (Å²) in [4.78, 5) is 4.40. The minimum atomic E-state index is -0.275. The predicted octanol–water partition coefficient (Wildman–Crippen LogP) is 2.02. The highest BCUT2D eigenvalue weighted by Gasteiger charge is 2.08. The number of hydrogen-bond donors (Lipinski definition) is 1. The average molecular weight is 276 g/mol. The molecule has 0 atom stereocenters. The maximum atomic E-state index is 12.9. The van der Waals surface area contributed by atoms with Crippen molar-refractivity contribution in [3.63, 3.8) is 0 Å². The Balaban J connectivity index is 1.92. The van der Waals surface area contributed by atoms with Gasteiger partial charge in [-0.2, -0.15) is 4.68 Å². The molecule has 0 unspecified atom stereocenters. The average Bonchev–Trinajstić information content (AvgIpc) is 3.08. The van der Waals surface area contributed by atoms with Crippen LogP contribution >= 0.6 is 11.3 Å². The summed E-state index contributed by atoms with van der Waals surface area (Å²) in [6, 6.07) is 6.14. The lowest BCUT2D eigenvalue weighted by atomic mass is 10.2. The molecular weight excluding hydrogens is 267 g/mol. The molecular formula is C12H9FN4OS. The zero-order chi connectivity index (χ0) is 13.2. The van der Waals surface area contributed by atoms with Crippen molar-refractivity contribution in [1.82, 2.24) is 20.0 Å². The molecule has 2 heterocycles. The number of aromatic nitrogens is 4. The minimum absolute atomic E-state index is 0.157. The van der Waals surface area contributed by atoms with E-state index in [4.69, 9.17) is 5.11 Å². The smallest absolute Gasteiger partial charge is 0.212 e. The molecule has 0 bridgehead atoms. The van der Waals surface area contributed by atoms with Gasteiger partial charge in [0.15, 0.2) is 0 Å². The lowest BCUT2D eigenvalue weighted by molar-refractivity contribution is 0.276. The van der Waals surface area contributed by atoms with Crippen LogP contribution in [-0.2, 0) is 6.61 Å². The van der Waals surface area contributed by atoms with Gasteiger partial charge in [-0.05, 0) is 24.3 Å². The highest BCUT2D eigenvalue weighted by atomic mass is 32.1. The fourth-order valence-electron chi connectivity index (χ4n) is 1.59. The molecule has 2 aromatic heterocycles. The van der Waals surface area contributed by atoms with Gasteiger partial charge in [0, 0.05) is 10.9 Å². The van der Waals surface area contributed by atoms with Crippen molar-refractivity contribution >= 4 is 11.3 Å². The monoisotopic (exact) mass is 276 g/mol. The minimum Gasteiger partial charge on any atom is -0.390 e. The molecule has 0 aliphatic carbocycles. The Morgan fingerprint density at radius 2 is 2.05 bits per heavy atom. The lowest BCUT2D eigenvalue weighted by Gasteiger charge is -1.95. The summed E-state index contributed by atoms with van der Waals surface area (Å²) >= 11 is 1.40. The van der Waals surface area contributed by atoms with Crippen molar-refractivity contribution in [3.05, 3.63) is 47.4 Å². The fourth-order valence-corrected chi connectivity index (χ4v) is 2.34. The molecule has 19 heavy (non-hydrogen) atoms. The Labute approximate surface area is 112 Å². The third kappa shape index (κ3) is 2.38. The highest BCUT2D eigenvalue weighted by Crippen LogP contribution is 2.23. The van der Waals surface area contributed by atoms with Gasteiger partial charge in [-0.15, -0.1) is 16.4 Å². The van der Waals surface area contributed by atoms with Crippen molar-refractivity contribution in [2.45, 2.75) is 6.61 Å². The van der Waals surface area contributed by atoms with Gasteiger partial charge >= 0.3 is 0 Å². The van der Waals surface area contributed by atoms with Crippen LogP contribution in [0.1, 0.15) is 5.69 Å². The lowest BCUT2D eigenvalue weighted by Crippen LogP contribution is -1.93. The molecule has 3 aromatic rings. The Bertz CT molecular complexity index is 692. The first-order valence-corrected chi connectivity index (χ1v) is 6.38. The maximum absolute atomic E-state index is 12.9. The maximum Gasteiger partial charge on any atom is 0.212 e. The SMILES string of the molecule is OCc1cn(-c2nc(-c3ccc(F)cc3)cs2)nn1. The first-order chi connectivity index (χ1) is 9.26. The molecule has 0 aliphatic rings. The third-order valence-corrected chi connectivity index (χ3v) is 3.36. The molecule has 0 amide bonds. The molecule has 0 spiro atoms. The largest absolute Gasteiger partial charge is 0.390 e. The van der Waals surface area contributed by atoms with E-state index in [1.807, 2.05) is 5.38 Å². The van der Waals surface area contributed by atoms with E-state index in [1.165, 1.54) is 28.2 Å². The Kier molecular flexibility index (Phi) is 3.06. The Morgan fingerprint density at radius 3 is 2.74 bits per heavy atom. The Hall–Kier alpha value is -2.12. The molecule has 0 radical (unpaired) electrons. The topological polar surface area (TPSA) is 63.8 Å². The molecule has 5 nitrogen and oxygen atoms in total. The summed E-state index contributed by atoms with van der Waals surface area (Å²) in [5.41, 5.74) is 2.07. The van der Waals surface area contributed by atoms with Crippen LogP contribution in [0.3, 0.4) is 0 Å². The second-order valence-corrected chi connectivity index (χ2v) is 4.67. The van der Waals surface area contributed by atoms with Crippen molar-refractivity contribution in [1.29, 1.82) is 0 Å². The van der Waals surface area contributed by atoms with Gasteiger partial charge in [0.2, 0.25) is 5.13 Å². The number of benzene rings is 1. The van der Waals surface area contributed by atoms with E-state index in [9.17, 15) is 4.39 Å². The number of halogens is 1. The number of hydrogen-bond acceptors (Lipinski definition) is 5. The normalized spacial score (nSPS) is 10.8. The molecule has 1 N–H and O–H groups in total. The van der Waals surface area contributed by atoms with Gasteiger partial charge in [-0.3, -0.25) is 0 Å². The highest BCUT2D eigenvalue weighted by molar-refractivity contribution is 7.12. The van der Waals surface area contributed by atoms with E-state index in [2.05, 4.69) is 15.3 Å². The fraction of sp³-hybridized carbons (Fsp3) is 0.0833. The van der Waals surface area contributed by atoms with Crippen molar-refractivity contribution in [3.8, 4) is 16.4 Å². The molecule has 0 aliphatic heterocycles. The molecule has 0 saturated carbocycles. The summed E-state index contributed by atoms with van der Waals surface area (Å²) in [6.07, 6.45) is 1.62. The zero-order valence-corrected chi connectivity index (χ0v) is 10.5. The van der Waals surface area contributed by atoms with Gasteiger partial charge in [0.25, 0.3) is 0 Å². The van der Waals surface area contributed by atoms with Crippen LogP contribution in [0.5, 0.6) is 0 Å². The van der Waals surface area contributed by atoms with Gasteiger partial charge in [-0.1, -0.05) is 5.21 Å². The van der Waals surface area contributed by atoms with Gasteiger partial charge < -0.3 is 5.11 Å². The van der Waals surface area contributed by atoms with E-state index >= 15 is 0 Å². The van der Waals surface area contributed by atoms with Gasteiger partial charge in [0.05, 0.1) is 18.5 Å². The summed E-state index contributed by atoms with van der Waals surface area (Å²) in [7, 11) is 0. The summed E-state index contributed by atoms with van der Waals surface area (Å²) in [5.74, 6) is -0.275. The van der Waals surface area contributed by atoms with Crippen LogP contribution in [0, 0.1) is 5.82 Å². The predicted molar refractivity (Wildman–Crippen MR) is 68.3 cm³/mol. The number of aliphatic hydroxyl groups is 1. The van der Waals surface area contributed by atoms with Crippen molar-refractivity contribution in [2.75, 3.05) is 0 Å². The molecule has 0 fully saturated rings.